The van der Waals surface area contributed by atoms with Crippen LogP contribution in [0.5, 0.6) is 0 Å². The topological polar surface area (TPSA) is 0 Å². The fourth-order valence-corrected chi connectivity index (χ4v) is 17.4. The fraction of sp³-hybridized carbons (Fsp3) is 1.00. The molecule has 0 bridgehead atoms. The monoisotopic (exact) mass is 228 g/mol. The van der Waals surface area contributed by atoms with Gasteiger partial charge in [0.2, 0.25) is 0 Å². The molecule has 0 aliphatic heterocycles. The van der Waals surface area contributed by atoms with E-state index in [9.17, 15) is 0 Å². The van der Waals surface area contributed by atoms with Crippen LogP contribution in [0.2, 0.25) is 19.6 Å². The summed E-state index contributed by atoms with van der Waals surface area (Å²) >= 11 is 0. The molecule has 0 rings (SSSR count). The summed E-state index contributed by atoms with van der Waals surface area (Å²) < 4.78 is 0. The average Bonchev–Trinajstić information content (AvgIpc) is 1.79. The molecule has 0 aromatic rings. The molecule has 4 heteroatoms. The molecule has 74 valence electrons. The Morgan fingerprint density at radius 1 is 0.923 bits per heavy atom. The van der Waals surface area contributed by atoms with Gasteiger partial charge in [-0.25, -0.2) is 0 Å². The van der Waals surface area contributed by atoms with Crippen molar-refractivity contribution in [1.82, 2.24) is 0 Å². The normalized spacial score (nSPS) is 13.4. The van der Waals surface area contributed by atoms with Crippen LogP contribution >= 0.6 is 15.4 Å². The molecular formula is C9H23LiP2Si. The summed E-state index contributed by atoms with van der Waals surface area (Å²) in [6.07, 6.45) is 0. The second-order valence-electron chi connectivity index (χ2n) is 4.84. The van der Waals surface area contributed by atoms with E-state index in [4.69, 9.17) is 0 Å². The van der Waals surface area contributed by atoms with Gasteiger partial charge in [-0.15, -0.1) is 0 Å². The van der Waals surface area contributed by atoms with Crippen molar-refractivity contribution in [1.29, 1.82) is 0 Å². The summed E-state index contributed by atoms with van der Waals surface area (Å²) in [5, 5.41) is 0. The Morgan fingerprint density at radius 2 is 1.23 bits per heavy atom. The maximum absolute atomic E-state index is 2.48. The van der Waals surface area contributed by atoms with Crippen LogP contribution in [0.25, 0.3) is 0 Å². The average molecular weight is 228 g/mol. The van der Waals surface area contributed by atoms with Crippen molar-refractivity contribution in [3.05, 3.63) is 0 Å². The van der Waals surface area contributed by atoms with E-state index in [1.54, 1.807) is 0 Å². The van der Waals surface area contributed by atoms with E-state index in [1.165, 1.54) is 0 Å². The van der Waals surface area contributed by atoms with E-state index in [0.717, 1.165) is 11.3 Å². The van der Waals surface area contributed by atoms with Crippen molar-refractivity contribution in [2.75, 3.05) is 0 Å². The molecule has 0 spiro atoms. The van der Waals surface area contributed by atoms with Crippen molar-refractivity contribution in [3.8, 4) is 0 Å². The van der Waals surface area contributed by atoms with Gasteiger partial charge in [-0.3, -0.25) is 7.61 Å². The molecule has 0 amide bonds. The molecule has 0 aromatic carbocycles. The van der Waals surface area contributed by atoms with Gasteiger partial charge in [-0.2, -0.15) is 0 Å². The number of rotatable bonds is 4. The molecule has 0 saturated heterocycles. The Morgan fingerprint density at radius 3 is 1.31 bits per heavy atom. The van der Waals surface area contributed by atoms with Crippen molar-refractivity contribution >= 4 is 23.2 Å². The van der Waals surface area contributed by atoms with Crippen molar-refractivity contribution in [2.24, 2.45) is 0 Å². The standard InChI is InChI=1S/C9H23P2Si.Li/c1-8(2)11(9(3)4)10-12(5,6)7;/h8-9H,1-7H3;/q-1;+1. The zero-order chi connectivity index (χ0) is 9.94. The molecule has 0 unspecified atom stereocenters. The summed E-state index contributed by atoms with van der Waals surface area (Å²) in [5.41, 5.74) is 1.82. The van der Waals surface area contributed by atoms with E-state index in [-0.39, 0.29) is 26.5 Å². The van der Waals surface area contributed by atoms with Gasteiger partial charge in [0.15, 0.2) is 0 Å². The molecule has 0 aliphatic carbocycles. The quantitative estimate of drug-likeness (QED) is 0.510. The van der Waals surface area contributed by atoms with Crippen LogP contribution in [0.3, 0.4) is 0 Å². The molecule has 0 N–H and O–H groups in total. The predicted molar refractivity (Wildman–Crippen MR) is 67.5 cm³/mol. The minimum atomic E-state index is -0.845. The third-order valence-corrected chi connectivity index (χ3v) is 17.2. The smallest absolute Gasteiger partial charge is 0.508 e. The van der Waals surface area contributed by atoms with Crippen LogP contribution in [0.1, 0.15) is 27.7 Å². The first kappa shape index (κ1) is 17.1. The largest absolute Gasteiger partial charge is 1.00 e. The first-order chi connectivity index (χ1) is 5.24. The van der Waals surface area contributed by atoms with E-state index in [0.29, 0.717) is 0 Å². The number of hydrogen-bond donors (Lipinski definition) is 0. The molecule has 0 aromatic heterocycles. The zero-order valence-electron chi connectivity index (χ0n) is 10.5. The van der Waals surface area contributed by atoms with Crippen LogP contribution in [-0.2, 0) is 0 Å². The summed E-state index contributed by atoms with van der Waals surface area (Å²) in [6.45, 7) is 17.0. The van der Waals surface area contributed by atoms with Crippen molar-refractivity contribution in [2.45, 2.75) is 58.7 Å². The molecular weight excluding hydrogens is 205 g/mol. The molecule has 0 aliphatic rings. The Bertz CT molecular complexity index is 124. The number of hydrogen-bond acceptors (Lipinski definition) is 0. The Kier molecular flexibility index (Phi) is 9.24. The Balaban J connectivity index is 0. The first-order valence-corrected chi connectivity index (χ1v) is 12.2. The van der Waals surface area contributed by atoms with Crippen LogP contribution < -0.4 is 18.9 Å². The third kappa shape index (κ3) is 8.65. The maximum Gasteiger partial charge on any atom is 1.00 e. The first-order valence-electron chi connectivity index (χ1n) is 4.75. The molecule has 0 saturated carbocycles. The second-order valence-corrected chi connectivity index (χ2v) is 20.0. The van der Waals surface area contributed by atoms with Gasteiger partial charge in [0.25, 0.3) is 0 Å². The molecule has 0 fully saturated rings. The van der Waals surface area contributed by atoms with Gasteiger partial charge < -0.3 is 7.82 Å². The second kappa shape index (κ2) is 7.03. The fourth-order valence-electron chi connectivity index (χ4n) is 1.17. The van der Waals surface area contributed by atoms with Crippen LogP contribution in [0, 0.1) is 0 Å². The Hall–Kier alpha value is 1.67. The van der Waals surface area contributed by atoms with Crippen LogP contribution in [0.4, 0.5) is 0 Å². The molecule has 0 atom stereocenters. The van der Waals surface area contributed by atoms with Gasteiger partial charge in [0.05, 0.1) is 0 Å². The van der Waals surface area contributed by atoms with Gasteiger partial charge in [-0.05, 0) is 0 Å². The van der Waals surface area contributed by atoms with Crippen molar-refractivity contribution in [3.63, 3.8) is 0 Å². The SMILES string of the molecule is CC(C)P([P-][Si](C)(C)C)C(C)C.[Li+]. The Labute approximate surface area is 100 Å². The van der Waals surface area contributed by atoms with E-state index >= 15 is 0 Å². The van der Waals surface area contributed by atoms with E-state index in [2.05, 4.69) is 47.3 Å². The molecule has 0 radical (unpaired) electrons. The molecule has 0 nitrogen and oxygen atoms in total. The molecule has 0 heterocycles. The minimum Gasteiger partial charge on any atom is -0.508 e. The zero-order valence-corrected chi connectivity index (χ0v) is 13.3. The predicted octanol–water partition coefficient (Wildman–Crippen LogP) is 1.99. The maximum atomic E-state index is 2.48. The van der Waals surface area contributed by atoms with Gasteiger partial charge in [0.1, 0.15) is 0 Å². The van der Waals surface area contributed by atoms with Crippen LogP contribution in [0.15, 0.2) is 0 Å². The summed E-state index contributed by atoms with van der Waals surface area (Å²) in [7, 11) is 1.23. The summed E-state index contributed by atoms with van der Waals surface area (Å²) in [4.78, 5) is 0. The minimum absolute atomic E-state index is 0. The van der Waals surface area contributed by atoms with E-state index < -0.39 is 7.74 Å². The van der Waals surface area contributed by atoms with E-state index in [1.807, 2.05) is 7.82 Å². The van der Waals surface area contributed by atoms with Gasteiger partial charge >= 0.3 is 18.9 Å². The summed E-state index contributed by atoms with van der Waals surface area (Å²) in [6, 6.07) is 0. The third-order valence-electron chi connectivity index (χ3n) is 1.47. The van der Waals surface area contributed by atoms with Crippen LogP contribution in [-0.4, -0.2) is 19.1 Å². The molecule has 13 heavy (non-hydrogen) atoms. The van der Waals surface area contributed by atoms with Gasteiger partial charge in [0, 0.05) is 0 Å². The summed E-state index contributed by atoms with van der Waals surface area (Å²) in [5.74, 6) is 0. The van der Waals surface area contributed by atoms with Crippen molar-refractivity contribution < 1.29 is 18.9 Å². The van der Waals surface area contributed by atoms with Gasteiger partial charge in [-0.1, -0.05) is 66.4 Å².